The number of rotatable bonds is 1. The minimum absolute atomic E-state index is 0.00777. The Morgan fingerprint density at radius 1 is 1.32 bits per heavy atom. The van der Waals surface area contributed by atoms with E-state index in [4.69, 9.17) is 5.73 Å². The van der Waals surface area contributed by atoms with Crippen molar-refractivity contribution in [1.82, 2.24) is 0 Å². The summed E-state index contributed by atoms with van der Waals surface area (Å²) in [5.41, 5.74) is 7.41. The first kappa shape index (κ1) is 13.5. The summed E-state index contributed by atoms with van der Waals surface area (Å²) in [6, 6.07) is 6.70. The lowest BCUT2D eigenvalue weighted by atomic mass is 10.2. The first-order valence-corrected chi connectivity index (χ1v) is 6.39. The van der Waals surface area contributed by atoms with Gasteiger partial charge in [-0.3, -0.25) is 9.59 Å². The maximum Gasteiger partial charge on any atom is 0.246 e. The van der Waals surface area contributed by atoms with Crippen LogP contribution in [0.4, 0.5) is 11.4 Å². The number of carbonyl (C=O) groups is 2. The molecular weight excluding hydrogens is 242 g/mol. The van der Waals surface area contributed by atoms with Crippen LogP contribution in [-0.4, -0.2) is 30.4 Å². The van der Waals surface area contributed by atoms with Gasteiger partial charge in [-0.1, -0.05) is 12.1 Å². The molecule has 2 N–H and O–H groups in total. The van der Waals surface area contributed by atoms with Crippen molar-refractivity contribution in [2.45, 2.75) is 32.9 Å². The van der Waals surface area contributed by atoms with E-state index in [2.05, 4.69) is 0 Å². The fraction of sp³-hybridized carbons (Fsp3) is 0.429. The summed E-state index contributed by atoms with van der Waals surface area (Å²) in [4.78, 5) is 27.4. The fourth-order valence-electron chi connectivity index (χ4n) is 2.40. The average Bonchev–Trinajstić information content (AvgIpc) is 2.46. The van der Waals surface area contributed by atoms with Crippen LogP contribution in [0.5, 0.6) is 0 Å². The van der Waals surface area contributed by atoms with Crippen LogP contribution in [0.1, 0.15) is 20.8 Å². The number of amides is 2. The van der Waals surface area contributed by atoms with E-state index in [1.807, 2.05) is 38.1 Å². The zero-order valence-electron chi connectivity index (χ0n) is 11.5. The maximum atomic E-state index is 12.4. The molecule has 5 heteroatoms. The highest BCUT2D eigenvalue weighted by Crippen LogP contribution is 2.33. The SMILES string of the molecule is CC(=O)N1CC(N)C(=O)N(C(C)C)c2ccccc21. The largest absolute Gasteiger partial charge is 0.318 e. The summed E-state index contributed by atoms with van der Waals surface area (Å²) in [5, 5.41) is 0. The second-order valence-electron chi connectivity index (χ2n) is 5.03. The predicted octanol–water partition coefficient (Wildman–Crippen LogP) is 1.12. The first-order valence-electron chi connectivity index (χ1n) is 6.39. The Kier molecular flexibility index (Phi) is 3.57. The smallest absolute Gasteiger partial charge is 0.246 e. The Morgan fingerprint density at radius 3 is 2.42 bits per heavy atom. The minimum Gasteiger partial charge on any atom is -0.318 e. The van der Waals surface area contributed by atoms with Gasteiger partial charge in [0.15, 0.2) is 0 Å². The molecule has 19 heavy (non-hydrogen) atoms. The van der Waals surface area contributed by atoms with Crippen molar-refractivity contribution in [2.75, 3.05) is 16.3 Å². The number of hydrogen-bond donors (Lipinski definition) is 1. The van der Waals surface area contributed by atoms with E-state index in [0.29, 0.717) is 0 Å². The molecule has 1 aromatic carbocycles. The summed E-state index contributed by atoms with van der Waals surface area (Å²) in [5.74, 6) is -0.257. The van der Waals surface area contributed by atoms with Gasteiger partial charge >= 0.3 is 0 Å². The molecule has 0 radical (unpaired) electrons. The number of fused-ring (bicyclic) bond motifs is 1. The predicted molar refractivity (Wildman–Crippen MR) is 75.1 cm³/mol. The van der Waals surface area contributed by atoms with Gasteiger partial charge in [-0.25, -0.2) is 0 Å². The summed E-state index contributed by atoms with van der Waals surface area (Å²) in [6.07, 6.45) is 0. The molecule has 0 aliphatic carbocycles. The monoisotopic (exact) mass is 261 g/mol. The number of nitrogens with zero attached hydrogens (tertiary/aromatic N) is 2. The molecule has 1 atom stereocenters. The molecule has 0 bridgehead atoms. The Balaban J connectivity index is 2.61. The van der Waals surface area contributed by atoms with E-state index in [1.54, 1.807) is 9.80 Å². The molecule has 1 aliphatic rings. The molecule has 0 saturated carbocycles. The summed E-state index contributed by atoms with van der Waals surface area (Å²) in [6.45, 7) is 5.57. The number of hydrogen-bond acceptors (Lipinski definition) is 3. The van der Waals surface area contributed by atoms with E-state index < -0.39 is 6.04 Å². The minimum atomic E-state index is -0.696. The van der Waals surface area contributed by atoms with Gasteiger partial charge in [-0.05, 0) is 26.0 Å². The van der Waals surface area contributed by atoms with Crippen molar-refractivity contribution in [3.8, 4) is 0 Å². The lowest BCUT2D eigenvalue weighted by Gasteiger charge is -2.28. The van der Waals surface area contributed by atoms with Crippen molar-refractivity contribution in [1.29, 1.82) is 0 Å². The van der Waals surface area contributed by atoms with E-state index in [-0.39, 0.29) is 24.4 Å². The van der Waals surface area contributed by atoms with Gasteiger partial charge in [0.25, 0.3) is 0 Å². The fourth-order valence-corrected chi connectivity index (χ4v) is 2.40. The van der Waals surface area contributed by atoms with Crippen LogP contribution in [0.2, 0.25) is 0 Å². The lowest BCUT2D eigenvalue weighted by molar-refractivity contribution is -0.120. The number of carbonyl (C=O) groups excluding carboxylic acids is 2. The highest BCUT2D eigenvalue weighted by Gasteiger charge is 2.33. The Hall–Kier alpha value is -1.88. The zero-order chi connectivity index (χ0) is 14.2. The highest BCUT2D eigenvalue weighted by molar-refractivity contribution is 6.06. The second-order valence-corrected chi connectivity index (χ2v) is 5.03. The van der Waals surface area contributed by atoms with Gasteiger partial charge in [0, 0.05) is 13.0 Å². The quantitative estimate of drug-likeness (QED) is 0.824. The normalized spacial score (nSPS) is 19.4. The molecule has 2 rings (SSSR count). The molecular formula is C14H19N3O2. The topological polar surface area (TPSA) is 66.6 Å². The average molecular weight is 261 g/mol. The summed E-state index contributed by atoms with van der Waals surface area (Å²) >= 11 is 0. The number of benzene rings is 1. The van der Waals surface area contributed by atoms with Crippen LogP contribution < -0.4 is 15.5 Å². The molecule has 0 saturated heterocycles. The highest BCUT2D eigenvalue weighted by atomic mass is 16.2. The summed E-state index contributed by atoms with van der Waals surface area (Å²) < 4.78 is 0. The van der Waals surface area contributed by atoms with Crippen molar-refractivity contribution in [3.05, 3.63) is 24.3 Å². The standard InChI is InChI=1S/C14H19N3O2/c1-9(2)17-13-7-5-4-6-12(13)16(10(3)18)8-11(15)14(17)19/h4-7,9,11H,8,15H2,1-3H3. The molecule has 1 aromatic rings. The van der Waals surface area contributed by atoms with Crippen molar-refractivity contribution >= 4 is 23.2 Å². The van der Waals surface area contributed by atoms with Gasteiger partial charge in [0.1, 0.15) is 6.04 Å². The summed E-state index contributed by atoms with van der Waals surface area (Å²) in [7, 11) is 0. The van der Waals surface area contributed by atoms with Crippen LogP contribution in [0, 0.1) is 0 Å². The van der Waals surface area contributed by atoms with Gasteiger partial charge in [-0.15, -0.1) is 0 Å². The molecule has 102 valence electrons. The number of para-hydroxylation sites is 2. The Morgan fingerprint density at radius 2 is 1.89 bits per heavy atom. The van der Waals surface area contributed by atoms with E-state index in [1.165, 1.54) is 6.92 Å². The Bertz CT molecular complexity index is 513. The lowest BCUT2D eigenvalue weighted by Crippen LogP contribution is -2.50. The van der Waals surface area contributed by atoms with Crippen LogP contribution in [-0.2, 0) is 9.59 Å². The van der Waals surface area contributed by atoms with Crippen LogP contribution in [0.15, 0.2) is 24.3 Å². The molecule has 1 heterocycles. The zero-order valence-corrected chi connectivity index (χ0v) is 11.5. The van der Waals surface area contributed by atoms with Crippen molar-refractivity contribution in [3.63, 3.8) is 0 Å². The van der Waals surface area contributed by atoms with E-state index in [0.717, 1.165) is 11.4 Å². The number of anilines is 2. The number of nitrogens with two attached hydrogens (primary N) is 1. The molecule has 1 unspecified atom stereocenters. The van der Waals surface area contributed by atoms with Crippen LogP contribution >= 0.6 is 0 Å². The molecule has 0 spiro atoms. The van der Waals surface area contributed by atoms with Gasteiger partial charge in [0.2, 0.25) is 11.8 Å². The molecule has 1 aliphatic heterocycles. The molecule has 5 nitrogen and oxygen atoms in total. The first-order chi connectivity index (χ1) is 8.93. The van der Waals surface area contributed by atoms with Crippen molar-refractivity contribution < 1.29 is 9.59 Å². The van der Waals surface area contributed by atoms with Crippen LogP contribution in [0.25, 0.3) is 0 Å². The van der Waals surface area contributed by atoms with Gasteiger partial charge in [-0.2, -0.15) is 0 Å². The van der Waals surface area contributed by atoms with E-state index in [9.17, 15) is 9.59 Å². The third kappa shape index (κ3) is 2.33. The third-order valence-corrected chi connectivity index (χ3v) is 3.26. The van der Waals surface area contributed by atoms with E-state index >= 15 is 0 Å². The molecule has 0 fully saturated rings. The van der Waals surface area contributed by atoms with Gasteiger partial charge < -0.3 is 15.5 Å². The van der Waals surface area contributed by atoms with Gasteiger partial charge in [0.05, 0.1) is 17.9 Å². The molecule has 0 aromatic heterocycles. The molecule has 2 amide bonds. The third-order valence-electron chi connectivity index (χ3n) is 3.26. The van der Waals surface area contributed by atoms with Crippen molar-refractivity contribution in [2.24, 2.45) is 5.73 Å². The van der Waals surface area contributed by atoms with Crippen LogP contribution in [0.3, 0.4) is 0 Å². The maximum absolute atomic E-state index is 12.4. The Labute approximate surface area is 113 Å². The second kappa shape index (κ2) is 5.01.